The third-order valence-corrected chi connectivity index (χ3v) is 2.69. The molecule has 1 heterocycles. The summed E-state index contributed by atoms with van der Waals surface area (Å²) in [7, 11) is 1.71. The molecule has 0 bridgehead atoms. The molecule has 3 heteroatoms. The van der Waals surface area contributed by atoms with E-state index in [4.69, 9.17) is 10.5 Å². The van der Waals surface area contributed by atoms with Crippen LogP contribution in [0.4, 0.5) is 11.4 Å². The van der Waals surface area contributed by atoms with Crippen molar-refractivity contribution in [2.24, 2.45) is 0 Å². The fourth-order valence-corrected chi connectivity index (χ4v) is 1.93. The maximum Gasteiger partial charge on any atom is 0.115 e. The highest BCUT2D eigenvalue weighted by Crippen LogP contribution is 2.31. The summed E-state index contributed by atoms with van der Waals surface area (Å²) in [6.45, 7) is 2.09. The van der Waals surface area contributed by atoms with Gasteiger partial charge < -0.3 is 15.8 Å². The van der Waals surface area contributed by atoms with Gasteiger partial charge in [0, 0.05) is 24.2 Å². The number of anilines is 2. The standard InChI is InChI=1S/C12H16N2O/c1-3-12(15-2)11-7-8-6-9(13)4-5-10(8)14-11/h4-6,14H,3,7,13H2,1-2H3/b12-11+. The van der Waals surface area contributed by atoms with Crippen LogP contribution in [0.1, 0.15) is 18.9 Å². The van der Waals surface area contributed by atoms with Gasteiger partial charge in [0.15, 0.2) is 0 Å². The minimum absolute atomic E-state index is 0.812. The maximum atomic E-state index is 5.74. The molecule has 1 aromatic carbocycles. The van der Waals surface area contributed by atoms with Crippen LogP contribution in [-0.4, -0.2) is 7.11 Å². The van der Waals surface area contributed by atoms with Crippen LogP contribution in [0.3, 0.4) is 0 Å². The van der Waals surface area contributed by atoms with Gasteiger partial charge in [0.1, 0.15) is 5.76 Å². The zero-order valence-corrected chi connectivity index (χ0v) is 9.13. The molecule has 0 fully saturated rings. The van der Waals surface area contributed by atoms with Gasteiger partial charge in [-0.05, 0) is 23.8 Å². The monoisotopic (exact) mass is 204 g/mol. The fraction of sp³-hybridized carbons (Fsp3) is 0.333. The van der Waals surface area contributed by atoms with Crippen molar-refractivity contribution in [1.82, 2.24) is 0 Å². The molecule has 0 aliphatic carbocycles. The summed E-state index contributed by atoms with van der Waals surface area (Å²) in [5.41, 5.74) is 10.1. The van der Waals surface area contributed by atoms with Crippen LogP contribution in [0.2, 0.25) is 0 Å². The van der Waals surface area contributed by atoms with Gasteiger partial charge in [-0.3, -0.25) is 0 Å². The zero-order valence-electron chi connectivity index (χ0n) is 9.13. The van der Waals surface area contributed by atoms with E-state index in [0.717, 1.165) is 35.7 Å². The van der Waals surface area contributed by atoms with Crippen molar-refractivity contribution in [3.8, 4) is 0 Å². The Kier molecular flexibility index (Phi) is 2.54. The summed E-state index contributed by atoms with van der Waals surface area (Å²) in [5, 5.41) is 3.36. The van der Waals surface area contributed by atoms with Gasteiger partial charge in [-0.25, -0.2) is 0 Å². The molecule has 0 spiro atoms. The van der Waals surface area contributed by atoms with Crippen molar-refractivity contribution >= 4 is 11.4 Å². The van der Waals surface area contributed by atoms with Crippen molar-refractivity contribution < 1.29 is 4.74 Å². The lowest BCUT2D eigenvalue weighted by atomic mass is 10.1. The first-order valence-corrected chi connectivity index (χ1v) is 5.16. The van der Waals surface area contributed by atoms with Crippen LogP contribution in [0, 0.1) is 0 Å². The SMILES string of the molecule is CC/C(OC)=C1/Cc2cc(N)ccc2N1. The van der Waals surface area contributed by atoms with Gasteiger partial charge in [0.2, 0.25) is 0 Å². The predicted octanol–water partition coefficient (Wildman–Crippen LogP) is 2.50. The molecular weight excluding hydrogens is 188 g/mol. The highest BCUT2D eigenvalue weighted by Gasteiger charge is 2.18. The average Bonchev–Trinajstić information content (AvgIpc) is 2.62. The lowest BCUT2D eigenvalue weighted by Gasteiger charge is -2.07. The van der Waals surface area contributed by atoms with Crippen LogP contribution in [0.5, 0.6) is 0 Å². The van der Waals surface area contributed by atoms with E-state index in [9.17, 15) is 0 Å². The summed E-state index contributed by atoms with van der Waals surface area (Å²) >= 11 is 0. The molecule has 0 amide bonds. The number of nitrogens with one attached hydrogen (secondary N) is 1. The largest absolute Gasteiger partial charge is 0.499 e. The summed E-state index contributed by atoms with van der Waals surface area (Å²) in [6.07, 6.45) is 1.79. The van der Waals surface area contributed by atoms with Gasteiger partial charge in [0.05, 0.1) is 12.8 Å². The Morgan fingerprint density at radius 2 is 2.33 bits per heavy atom. The van der Waals surface area contributed by atoms with Gasteiger partial charge in [-0.2, -0.15) is 0 Å². The van der Waals surface area contributed by atoms with E-state index in [1.807, 2.05) is 18.2 Å². The number of rotatable bonds is 2. The highest BCUT2D eigenvalue weighted by atomic mass is 16.5. The van der Waals surface area contributed by atoms with Crippen LogP contribution >= 0.6 is 0 Å². The van der Waals surface area contributed by atoms with Crippen LogP contribution in [0.15, 0.2) is 29.7 Å². The number of benzene rings is 1. The minimum atomic E-state index is 0.812. The second kappa shape index (κ2) is 3.85. The lowest BCUT2D eigenvalue weighted by molar-refractivity contribution is 0.276. The van der Waals surface area contributed by atoms with E-state index in [0.29, 0.717) is 0 Å². The molecule has 0 unspecified atom stereocenters. The van der Waals surface area contributed by atoms with Gasteiger partial charge in [-0.15, -0.1) is 0 Å². The number of hydrogen-bond acceptors (Lipinski definition) is 3. The molecule has 0 saturated carbocycles. The average molecular weight is 204 g/mol. The molecular formula is C12H16N2O. The van der Waals surface area contributed by atoms with E-state index in [1.54, 1.807) is 7.11 Å². The predicted molar refractivity (Wildman–Crippen MR) is 62.5 cm³/mol. The third kappa shape index (κ3) is 1.77. The number of hydrogen-bond donors (Lipinski definition) is 2. The number of allylic oxidation sites excluding steroid dienone is 2. The van der Waals surface area contributed by atoms with E-state index in [2.05, 4.69) is 12.2 Å². The molecule has 3 nitrogen and oxygen atoms in total. The zero-order chi connectivity index (χ0) is 10.8. The van der Waals surface area contributed by atoms with Crippen LogP contribution in [0.25, 0.3) is 0 Å². The summed E-state index contributed by atoms with van der Waals surface area (Å²) < 4.78 is 5.33. The molecule has 15 heavy (non-hydrogen) atoms. The van der Waals surface area contributed by atoms with Crippen molar-refractivity contribution in [3.63, 3.8) is 0 Å². The first kappa shape index (κ1) is 9.90. The highest BCUT2D eigenvalue weighted by molar-refractivity contribution is 5.66. The first-order valence-electron chi connectivity index (χ1n) is 5.16. The van der Waals surface area contributed by atoms with Crippen molar-refractivity contribution in [3.05, 3.63) is 35.2 Å². The second-order valence-corrected chi connectivity index (χ2v) is 3.68. The molecule has 2 rings (SSSR count). The smallest absolute Gasteiger partial charge is 0.115 e. The van der Waals surface area contributed by atoms with E-state index < -0.39 is 0 Å². The number of nitrogens with two attached hydrogens (primary N) is 1. The minimum Gasteiger partial charge on any atom is -0.499 e. The van der Waals surface area contributed by atoms with E-state index >= 15 is 0 Å². The van der Waals surface area contributed by atoms with Gasteiger partial charge >= 0.3 is 0 Å². The van der Waals surface area contributed by atoms with Crippen molar-refractivity contribution in [2.75, 3.05) is 18.2 Å². The Balaban J connectivity index is 2.33. The number of methoxy groups -OCH3 is 1. The Labute approximate surface area is 89.9 Å². The molecule has 80 valence electrons. The number of fused-ring (bicyclic) bond motifs is 1. The first-order chi connectivity index (χ1) is 7.24. The molecule has 0 saturated heterocycles. The van der Waals surface area contributed by atoms with Gasteiger partial charge in [0.25, 0.3) is 0 Å². The Morgan fingerprint density at radius 1 is 1.53 bits per heavy atom. The fourth-order valence-electron chi connectivity index (χ4n) is 1.93. The normalized spacial score (nSPS) is 16.9. The summed E-state index contributed by atoms with van der Waals surface area (Å²) in [5.74, 6) is 1.02. The molecule has 0 radical (unpaired) electrons. The summed E-state index contributed by atoms with van der Waals surface area (Å²) in [4.78, 5) is 0. The molecule has 1 aromatic rings. The number of nitrogen functional groups attached to an aromatic ring is 1. The quantitative estimate of drug-likeness (QED) is 0.574. The Hall–Kier alpha value is -1.64. The third-order valence-electron chi connectivity index (χ3n) is 2.69. The topological polar surface area (TPSA) is 47.3 Å². The van der Waals surface area contributed by atoms with Crippen molar-refractivity contribution in [1.29, 1.82) is 0 Å². The van der Waals surface area contributed by atoms with Crippen molar-refractivity contribution in [2.45, 2.75) is 19.8 Å². The second-order valence-electron chi connectivity index (χ2n) is 3.68. The molecule has 0 aromatic heterocycles. The number of ether oxygens (including phenoxy) is 1. The van der Waals surface area contributed by atoms with Crippen LogP contribution in [-0.2, 0) is 11.2 Å². The van der Waals surface area contributed by atoms with Gasteiger partial charge in [-0.1, -0.05) is 6.92 Å². The molecule has 1 aliphatic heterocycles. The maximum absolute atomic E-state index is 5.74. The lowest BCUT2D eigenvalue weighted by Crippen LogP contribution is -1.99. The van der Waals surface area contributed by atoms with Crippen LogP contribution < -0.4 is 11.1 Å². The molecule has 0 atom stereocenters. The molecule has 1 aliphatic rings. The Morgan fingerprint density at radius 3 is 3.00 bits per heavy atom. The molecule has 3 N–H and O–H groups in total. The van der Waals surface area contributed by atoms with E-state index in [1.165, 1.54) is 5.56 Å². The van der Waals surface area contributed by atoms with E-state index in [-0.39, 0.29) is 0 Å². The Bertz CT molecular complexity index is 404. The summed E-state index contributed by atoms with van der Waals surface area (Å²) in [6, 6.07) is 5.94.